The van der Waals surface area contributed by atoms with Crippen LogP contribution in [0.15, 0.2) is 82.4 Å². The van der Waals surface area contributed by atoms with Crippen molar-refractivity contribution in [1.29, 1.82) is 0 Å². The van der Waals surface area contributed by atoms with Crippen molar-refractivity contribution in [3.8, 4) is 11.3 Å². The van der Waals surface area contributed by atoms with Gasteiger partial charge in [-0.2, -0.15) is 0 Å². The van der Waals surface area contributed by atoms with Crippen LogP contribution in [-0.4, -0.2) is 12.4 Å². The van der Waals surface area contributed by atoms with Crippen LogP contribution < -0.4 is 0 Å². The third-order valence-corrected chi connectivity index (χ3v) is 5.74. The lowest BCUT2D eigenvalue weighted by molar-refractivity contribution is 0.582. The Morgan fingerprint density at radius 1 is 0.958 bits per heavy atom. The van der Waals surface area contributed by atoms with E-state index in [0.29, 0.717) is 5.52 Å². The first-order valence-corrected chi connectivity index (χ1v) is 8.97. The topological polar surface area (TPSA) is 52.2 Å². The highest BCUT2D eigenvalue weighted by molar-refractivity contribution is 7.90. The van der Waals surface area contributed by atoms with E-state index in [-0.39, 0.29) is 4.90 Å². The van der Waals surface area contributed by atoms with Crippen LogP contribution in [0, 0.1) is 6.92 Å². The second-order valence-corrected chi connectivity index (χ2v) is 7.50. The maximum Gasteiger partial charge on any atom is 0.268 e. The van der Waals surface area contributed by atoms with Crippen molar-refractivity contribution in [2.75, 3.05) is 0 Å². The van der Waals surface area contributed by atoms with Gasteiger partial charge in [-0.25, -0.2) is 12.4 Å². The van der Waals surface area contributed by atoms with Gasteiger partial charge in [0, 0.05) is 17.1 Å². The van der Waals surface area contributed by atoms with Crippen LogP contribution in [0.25, 0.3) is 22.2 Å². The molecule has 2 aromatic heterocycles. The number of rotatable bonds is 3. The second-order valence-electron chi connectivity index (χ2n) is 5.68. The first-order chi connectivity index (χ1) is 11.6. The summed E-state index contributed by atoms with van der Waals surface area (Å²) in [5, 5.41) is 0.847. The summed E-state index contributed by atoms with van der Waals surface area (Å²) < 4.78 is 32.5. The molecule has 0 aliphatic rings. The fourth-order valence-electron chi connectivity index (χ4n) is 2.75. The minimum absolute atomic E-state index is 0.278. The van der Waals surface area contributed by atoms with Crippen LogP contribution in [0.4, 0.5) is 0 Å². The Balaban J connectivity index is 1.84. The monoisotopic (exact) mass is 337 g/mol. The van der Waals surface area contributed by atoms with Gasteiger partial charge in [-0.05, 0) is 55.5 Å². The van der Waals surface area contributed by atoms with Crippen LogP contribution in [0.1, 0.15) is 5.56 Å². The van der Waals surface area contributed by atoms with E-state index in [2.05, 4.69) is 0 Å². The van der Waals surface area contributed by atoms with Gasteiger partial charge in [-0.15, -0.1) is 0 Å². The lowest BCUT2D eigenvalue weighted by Gasteiger charge is -2.08. The highest BCUT2D eigenvalue weighted by Crippen LogP contribution is 2.27. The van der Waals surface area contributed by atoms with E-state index >= 15 is 0 Å². The van der Waals surface area contributed by atoms with E-state index in [4.69, 9.17) is 4.42 Å². The van der Waals surface area contributed by atoms with E-state index in [1.54, 1.807) is 48.9 Å². The molecule has 0 amide bonds. The zero-order valence-electron chi connectivity index (χ0n) is 13.0. The fraction of sp³-hybridized carbons (Fsp3) is 0.0526. The number of aromatic nitrogens is 1. The molecule has 0 aliphatic carbocycles. The molecule has 0 unspecified atom stereocenters. The number of benzene rings is 2. The van der Waals surface area contributed by atoms with Gasteiger partial charge in [0.25, 0.3) is 10.0 Å². The maximum absolute atomic E-state index is 12.9. The number of aryl methyl sites for hydroxylation is 1. The molecule has 2 aromatic carbocycles. The molecular weight excluding hydrogens is 322 g/mol. The Kier molecular flexibility index (Phi) is 3.32. The Morgan fingerprint density at radius 2 is 1.75 bits per heavy atom. The van der Waals surface area contributed by atoms with Crippen molar-refractivity contribution in [2.24, 2.45) is 0 Å². The van der Waals surface area contributed by atoms with Crippen molar-refractivity contribution >= 4 is 20.9 Å². The minimum atomic E-state index is -3.61. The quantitative estimate of drug-likeness (QED) is 0.555. The number of furan rings is 1. The van der Waals surface area contributed by atoms with Crippen molar-refractivity contribution in [1.82, 2.24) is 3.97 Å². The Hall–Kier alpha value is -2.79. The summed E-state index contributed by atoms with van der Waals surface area (Å²) in [4.78, 5) is 0.278. The van der Waals surface area contributed by atoms with E-state index in [0.717, 1.165) is 22.3 Å². The van der Waals surface area contributed by atoms with Crippen molar-refractivity contribution in [3.63, 3.8) is 0 Å². The third kappa shape index (κ3) is 2.34. The van der Waals surface area contributed by atoms with Crippen LogP contribution in [0.5, 0.6) is 0 Å². The molecule has 0 fully saturated rings. The zero-order valence-corrected chi connectivity index (χ0v) is 13.8. The predicted molar refractivity (Wildman–Crippen MR) is 93.4 cm³/mol. The van der Waals surface area contributed by atoms with Gasteiger partial charge in [-0.1, -0.05) is 17.7 Å². The third-order valence-electron chi connectivity index (χ3n) is 4.04. The molecule has 24 heavy (non-hydrogen) atoms. The van der Waals surface area contributed by atoms with Crippen LogP contribution >= 0.6 is 0 Å². The molecular formula is C19H15NO3S. The molecule has 4 aromatic rings. The van der Waals surface area contributed by atoms with E-state index in [9.17, 15) is 8.42 Å². The number of hydrogen-bond donors (Lipinski definition) is 0. The van der Waals surface area contributed by atoms with Gasteiger partial charge in [0.1, 0.15) is 5.76 Å². The lowest BCUT2D eigenvalue weighted by Crippen LogP contribution is -2.11. The summed E-state index contributed by atoms with van der Waals surface area (Å²) >= 11 is 0. The molecule has 0 saturated heterocycles. The summed E-state index contributed by atoms with van der Waals surface area (Å²) in [6.45, 7) is 1.93. The lowest BCUT2D eigenvalue weighted by atomic mass is 10.1. The molecule has 0 atom stereocenters. The first-order valence-electron chi connectivity index (χ1n) is 7.53. The predicted octanol–water partition coefficient (Wildman–Crippen LogP) is 4.45. The summed E-state index contributed by atoms with van der Waals surface area (Å²) in [5.74, 6) is 0.756. The summed E-state index contributed by atoms with van der Waals surface area (Å²) in [5.41, 5.74) is 2.58. The number of hydrogen-bond acceptors (Lipinski definition) is 3. The normalized spacial score (nSPS) is 11.9. The first kappa shape index (κ1) is 14.8. The molecule has 5 heteroatoms. The maximum atomic E-state index is 12.9. The molecule has 0 bridgehead atoms. The minimum Gasteiger partial charge on any atom is -0.464 e. The Labute approximate surface area is 140 Å². The van der Waals surface area contributed by atoms with E-state index < -0.39 is 10.0 Å². The Bertz CT molecular complexity index is 1110. The molecule has 0 aliphatic heterocycles. The van der Waals surface area contributed by atoms with E-state index in [1.165, 1.54) is 3.97 Å². The summed E-state index contributed by atoms with van der Waals surface area (Å²) in [6.07, 6.45) is 3.21. The molecule has 0 saturated carbocycles. The van der Waals surface area contributed by atoms with Gasteiger partial charge in [0.15, 0.2) is 0 Å². The molecule has 0 radical (unpaired) electrons. The molecule has 0 spiro atoms. The Morgan fingerprint density at radius 3 is 2.46 bits per heavy atom. The molecule has 4 rings (SSSR count). The molecule has 120 valence electrons. The van der Waals surface area contributed by atoms with Crippen LogP contribution in [0.3, 0.4) is 0 Å². The number of nitrogens with zero attached hydrogens (tertiary/aromatic N) is 1. The fourth-order valence-corrected chi connectivity index (χ4v) is 4.10. The molecule has 4 nitrogen and oxygen atoms in total. The summed E-state index contributed by atoms with van der Waals surface area (Å²) in [7, 11) is -3.61. The van der Waals surface area contributed by atoms with Gasteiger partial charge in [-0.3, -0.25) is 0 Å². The van der Waals surface area contributed by atoms with Gasteiger partial charge >= 0.3 is 0 Å². The largest absolute Gasteiger partial charge is 0.464 e. The van der Waals surface area contributed by atoms with Crippen LogP contribution in [0.2, 0.25) is 0 Å². The SMILES string of the molecule is Cc1ccc(S(=O)(=O)n2ccc3cc(-c4ccco4)ccc32)cc1. The highest BCUT2D eigenvalue weighted by Gasteiger charge is 2.19. The van der Waals surface area contributed by atoms with Crippen molar-refractivity contribution < 1.29 is 12.8 Å². The summed E-state index contributed by atoms with van der Waals surface area (Å²) in [6, 6.07) is 18.0. The standard InChI is InChI=1S/C19H15NO3S/c1-14-4-7-17(8-5-14)24(21,22)20-11-10-15-13-16(6-9-18(15)20)19-3-2-12-23-19/h2-13H,1H3. The zero-order chi connectivity index (χ0) is 16.7. The van der Waals surface area contributed by atoms with Gasteiger partial charge < -0.3 is 4.42 Å². The number of fused-ring (bicyclic) bond motifs is 1. The van der Waals surface area contributed by atoms with Gasteiger partial charge in [0.2, 0.25) is 0 Å². The average Bonchev–Trinajstić information content (AvgIpc) is 3.24. The van der Waals surface area contributed by atoms with Gasteiger partial charge in [0.05, 0.1) is 16.7 Å². The molecule has 0 N–H and O–H groups in total. The molecule has 2 heterocycles. The average molecular weight is 337 g/mol. The van der Waals surface area contributed by atoms with Crippen LogP contribution in [-0.2, 0) is 10.0 Å². The van der Waals surface area contributed by atoms with Crippen molar-refractivity contribution in [2.45, 2.75) is 11.8 Å². The highest BCUT2D eigenvalue weighted by atomic mass is 32.2. The van der Waals surface area contributed by atoms with E-state index in [1.807, 2.05) is 31.2 Å². The second kappa shape index (κ2) is 5.39. The smallest absolute Gasteiger partial charge is 0.268 e. The van der Waals surface area contributed by atoms with Crippen molar-refractivity contribution in [3.05, 3.63) is 78.7 Å².